The van der Waals surface area contributed by atoms with Crippen LogP contribution in [0.1, 0.15) is 12.6 Å². The predicted octanol–water partition coefficient (Wildman–Crippen LogP) is 1.06. The molecule has 0 unspecified atom stereocenters. The van der Waals surface area contributed by atoms with Crippen LogP contribution in [-0.2, 0) is 11.3 Å². The zero-order chi connectivity index (χ0) is 10.2. The Bertz CT molecular complexity index is 319. The second kappa shape index (κ2) is 5.95. The third kappa shape index (κ3) is 3.42. The van der Waals surface area contributed by atoms with Crippen molar-refractivity contribution in [3.05, 3.63) is 18.1 Å². The fraction of sp³-hybridized carbons (Fsp3) is 0.400. The van der Waals surface area contributed by atoms with Crippen molar-refractivity contribution in [1.29, 1.82) is 0 Å². The number of anilines is 1. The monoisotopic (exact) mass is 191 g/mol. The van der Waals surface area contributed by atoms with Crippen LogP contribution in [0.2, 0.25) is 0 Å². The molecule has 0 atom stereocenters. The molecule has 0 fully saturated rings. The van der Waals surface area contributed by atoms with Gasteiger partial charge in [-0.1, -0.05) is 5.92 Å². The molecular weight excluding hydrogens is 178 g/mol. The molecule has 0 aliphatic heterocycles. The van der Waals surface area contributed by atoms with Gasteiger partial charge in [0, 0.05) is 12.7 Å². The summed E-state index contributed by atoms with van der Waals surface area (Å²) in [4.78, 5) is 8.07. The minimum Gasteiger partial charge on any atom is -0.375 e. The minimum atomic E-state index is 0.463. The van der Waals surface area contributed by atoms with Gasteiger partial charge in [0.25, 0.3) is 0 Å². The molecule has 1 aromatic rings. The van der Waals surface area contributed by atoms with E-state index in [-0.39, 0.29) is 0 Å². The molecule has 0 aliphatic carbocycles. The van der Waals surface area contributed by atoms with Crippen LogP contribution in [0.4, 0.5) is 5.82 Å². The molecule has 0 bridgehead atoms. The Hall–Kier alpha value is -1.60. The van der Waals surface area contributed by atoms with E-state index < -0.39 is 0 Å². The maximum Gasteiger partial charge on any atom is 0.130 e. The van der Waals surface area contributed by atoms with Crippen molar-refractivity contribution in [3.63, 3.8) is 0 Å². The number of ether oxygens (including phenoxy) is 1. The summed E-state index contributed by atoms with van der Waals surface area (Å²) in [5.41, 5.74) is 0.848. The predicted molar refractivity (Wildman–Crippen MR) is 54.7 cm³/mol. The van der Waals surface area contributed by atoms with Crippen LogP contribution in [-0.4, -0.2) is 23.1 Å². The lowest BCUT2D eigenvalue weighted by Gasteiger charge is -2.03. The van der Waals surface area contributed by atoms with Crippen LogP contribution in [0.5, 0.6) is 0 Å². The lowest BCUT2D eigenvalue weighted by atomic mass is 10.4. The maximum absolute atomic E-state index is 5.22. The summed E-state index contributed by atoms with van der Waals surface area (Å²) in [6, 6.07) is 1.83. The molecule has 1 aromatic heterocycles. The number of nitrogens with one attached hydrogen (secondary N) is 1. The fourth-order valence-corrected chi connectivity index (χ4v) is 0.921. The molecule has 1 N–H and O–H groups in total. The van der Waals surface area contributed by atoms with Crippen LogP contribution in [0, 0.1) is 12.3 Å². The van der Waals surface area contributed by atoms with E-state index in [2.05, 4.69) is 21.2 Å². The number of terminal acetylenes is 1. The first-order chi connectivity index (χ1) is 6.86. The van der Waals surface area contributed by atoms with Gasteiger partial charge in [0.05, 0.1) is 18.8 Å². The van der Waals surface area contributed by atoms with E-state index in [4.69, 9.17) is 11.2 Å². The number of hydrogen-bond donors (Lipinski definition) is 1. The molecule has 0 aliphatic rings. The third-order valence-electron chi connectivity index (χ3n) is 1.55. The van der Waals surface area contributed by atoms with Crippen LogP contribution < -0.4 is 5.32 Å². The van der Waals surface area contributed by atoms with Gasteiger partial charge in [-0.05, 0) is 6.92 Å². The first-order valence-corrected chi connectivity index (χ1v) is 4.42. The average Bonchev–Trinajstić information content (AvgIpc) is 2.24. The van der Waals surface area contributed by atoms with E-state index in [1.165, 1.54) is 6.33 Å². The Balaban J connectivity index is 2.55. The van der Waals surface area contributed by atoms with Gasteiger partial charge in [-0.25, -0.2) is 9.97 Å². The molecular formula is C10H13N3O. The molecule has 74 valence electrons. The van der Waals surface area contributed by atoms with Crippen molar-refractivity contribution >= 4 is 5.82 Å². The standard InChI is InChI=1S/C10H13N3O/c1-3-5-11-10-6-9(7-14-4-2)12-8-13-10/h1,6,8H,4-5,7H2,2H3,(H,11,12,13). The summed E-state index contributed by atoms with van der Waals surface area (Å²) >= 11 is 0. The first-order valence-electron chi connectivity index (χ1n) is 4.42. The molecule has 0 radical (unpaired) electrons. The van der Waals surface area contributed by atoms with E-state index in [1.54, 1.807) is 0 Å². The van der Waals surface area contributed by atoms with Crippen LogP contribution in [0.15, 0.2) is 12.4 Å². The average molecular weight is 191 g/mol. The molecule has 14 heavy (non-hydrogen) atoms. The van der Waals surface area contributed by atoms with Gasteiger partial charge in [-0.15, -0.1) is 6.42 Å². The van der Waals surface area contributed by atoms with E-state index >= 15 is 0 Å². The highest BCUT2D eigenvalue weighted by molar-refractivity contribution is 5.35. The summed E-state index contributed by atoms with van der Waals surface area (Å²) in [7, 11) is 0. The molecule has 0 aromatic carbocycles. The van der Waals surface area contributed by atoms with Gasteiger partial charge in [-0.2, -0.15) is 0 Å². The molecule has 0 saturated heterocycles. The molecule has 0 saturated carbocycles. The minimum absolute atomic E-state index is 0.463. The largest absolute Gasteiger partial charge is 0.375 e. The third-order valence-corrected chi connectivity index (χ3v) is 1.55. The van der Waals surface area contributed by atoms with Crippen molar-refractivity contribution in [2.75, 3.05) is 18.5 Å². The molecule has 4 heteroatoms. The number of hydrogen-bond acceptors (Lipinski definition) is 4. The number of rotatable bonds is 5. The van der Waals surface area contributed by atoms with Gasteiger partial charge >= 0.3 is 0 Å². The zero-order valence-corrected chi connectivity index (χ0v) is 8.16. The molecule has 0 spiro atoms. The fourth-order valence-electron chi connectivity index (χ4n) is 0.921. The summed E-state index contributed by atoms with van der Waals surface area (Å²) < 4.78 is 5.22. The second-order valence-corrected chi connectivity index (χ2v) is 2.59. The lowest BCUT2D eigenvalue weighted by molar-refractivity contribution is 0.131. The zero-order valence-electron chi connectivity index (χ0n) is 8.16. The first kappa shape index (κ1) is 10.5. The van der Waals surface area contributed by atoms with Crippen LogP contribution in [0.25, 0.3) is 0 Å². The van der Waals surface area contributed by atoms with E-state index in [0.717, 1.165) is 11.5 Å². The van der Waals surface area contributed by atoms with Gasteiger partial charge in [0.15, 0.2) is 0 Å². The molecule has 1 heterocycles. The molecule has 4 nitrogen and oxygen atoms in total. The van der Waals surface area contributed by atoms with Crippen molar-refractivity contribution in [2.45, 2.75) is 13.5 Å². The van der Waals surface area contributed by atoms with Crippen molar-refractivity contribution in [2.24, 2.45) is 0 Å². The van der Waals surface area contributed by atoms with Crippen molar-refractivity contribution < 1.29 is 4.74 Å². The highest BCUT2D eigenvalue weighted by atomic mass is 16.5. The van der Waals surface area contributed by atoms with E-state index in [1.807, 2.05) is 13.0 Å². The summed E-state index contributed by atoms with van der Waals surface area (Å²) in [6.07, 6.45) is 6.61. The lowest BCUT2D eigenvalue weighted by Crippen LogP contribution is -2.03. The Morgan fingerprint density at radius 1 is 1.57 bits per heavy atom. The van der Waals surface area contributed by atoms with Gasteiger partial charge in [0.1, 0.15) is 12.1 Å². The number of aromatic nitrogens is 2. The normalized spacial score (nSPS) is 9.43. The SMILES string of the molecule is C#CCNc1cc(COCC)ncn1. The summed E-state index contributed by atoms with van der Waals surface area (Å²) in [5, 5.41) is 2.97. The van der Waals surface area contributed by atoms with Crippen LogP contribution >= 0.6 is 0 Å². The summed E-state index contributed by atoms with van der Waals surface area (Å²) in [5.74, 6) is 3.21. The van der Waals surface area contributed by atoms with E-state index in [0.29, 0.717) is 19.8 Å². The maximum atomic E-state index is 5.22. The smallest absolute Gasteiger partial charge is 0.130 e. The Kier molecular flexibility index (Phi) is 4.45. The quantitative estimate of drug-likeness (QED) is 0.707. The Labute approximate surface area is 83.7 Å². The van der Waals surface area contributed by atoms with Gasteiger partial charge in [-0.3, -0.25) is 0 Å². The molecule has 0 amide bonds. The van der Waals surface area contributed by atoms with Gasteiger partial charge in [0.2, 0.25) is 0 Å². The highest BCUT2D eigenvalue weighted by Crippen LogP contribution is 2.04. The topological polar surface area (TPSA) is 47.0 Å². The highest BCUT2D eigenvalue weighted by Gasteiger charge is 1.97. The number of nitrogens with zero attached hydrogens (tertiary/aromatic N) is 2. The second-order valence-electron chi connectivity index (χ2n) is 2.59. The van der Waals surface area contributed by atoms with Crippen molar-refractivity contribution in [1.82, 2.24) is 9.97 Å². The van der Waals surface area contributed by atoms with E-state index in [9.17, 15) is 0 Å². The molecule has 1 rings (SSSR count). The Morgan fingerprint density at radius 3 is 3.14 bits per heavy atom. The summed E-state index contributed by atoms with van der Waals surface area (Å²) in [6.45, 7) is 3.59. The van der Waals surface area contributed by atoms with Gasteiger partial charge < -0.3 is 10.1 Å². The Morgan fingerprint density at radius 2 is 2.43 bits per heavy atom. The van der Waals surface area contributed by atoms with Crippen LogP contribution in [0.3, 0.4) is 0 Å². The van der Waals surface area contributed by atoms with Crippen molar-refractivity contribution in [3.8, 4) is 12.3 Å².